The smallest absolute Gasteiger partial charge is 0.254 e. The lowest BCUT2D eigenvalue weighted by atomic mass is 10.0. The number of benzene rings is 1. The Morgan fingerprint density at radius 3 is 3.00 bits per heavy atom. The Morgan fingerprint density at radius 1 is 1.50 bits per heavy atom. The van der Waals surface area contributed by atoms with Gasteiger partial charge in [-0.2, -0.15) is 0 Å². The molecule has 1 aliphatic heterocycles. The lowest BCUT2D eigenvalue weighted by Gasteiger charge is -2.32. The van der Waals surface area contributed by atoms with Crippen molar-refractivity contribution < 1.29 is 9.53 Å². The minimum absolute atomic E-state index is 0.0468. The number of ether oxygens (including phenoxy) is 1. The van der Waals surface area contributed by atoms with Gasteiger partial charge in [0.2, 0.25) is 0 Å². The Labute approximate surface area is 113 Å². The minimum Gasteiger partial charge on any atom is -0.373 e. The average Bonchev–Trinajstić information content (AvgIpc) is 2.41. The van der Waals surface area contributed by atoms with E-state index >= 15 is 0 Å². The zero-order valence-electron chi connectivity index (χ0n) is 10.8. The Hall–Kier alpha value is -1.06. The molecule has 1 saturated heterocycles. The van der Waals surface area contributed by atoms with Gasteiger partial charge in [0.1, 0.15) is 0 Å². The van der Waals surface area contributed by atoms with Gasteiger partial charge in [-0.25, -0.2) is 0 Å². The van der Waals surface area contributed by atoms with E-state index in [0.717, 1.165) is 16.7 Å². The molecule has 3 nitrogen and oxygen atoms in total. The second-order valence-electron chi connectivity index (χ2n) is 4.65. The zero-order valence-corrected chi connectivity index (χ0v) is 11.5. The van der Waals surface area contributed by atoms with Crippen molar-refractivity contribution in [3.05, 3.63) is 34.9 Å². The number of alkyl halides is 1. The summed E-state index contributed by atoms with van der Waals surface area (Å²) in [6.07, 6.45) is -0.0468. The second kappa shape index (κ2) is 5.72. The van der Waals surface area contributed by atoms with Crippen LogP contribution in [0.1, 0.15) is 21.5 Å². The van der Waals surface area contributed by atoms with E-state index in [2.05, 4.69) is 0 Å². The summed E-state index contributed by atoms with van der Waals surface area (Å²) in [6.45, 7) is 5.79. The van der Waals surface area contributed by atoms with Crippen molar-refractivity contribution in [2.75, 3.05) is 25.6 Å². The first kappa shape index (κ1) is 13.4. The van der Waals surface area contributed by atoms with Crippen LogP contribution in [0.5, 0.6) is 0 Å². The number of hydrogen-bond donors (Lipinski definition) is 0. The van der Waals surface area contributed by atoms with Crippen LogP contribution < -0.4 is 0 Å². The molecular weight excluding hydrogens is 250 g/mol. The van der Waals surface area contributed by atoms with Crippen LogP contribution in [0.25, 0.3) is 0 Å². The van der Waals surface area contributed by atoms with Crippen LogP contribution in [0.2, 0.25) is 0 Å². The first-order chi connectivity index (χ1) is 8.63. The van der Waals surface area contributed by atoms with Crippen LogP contribution in [-0.2, 0) is 4.74 Å². The molecule has 1 amide bonds. The number of hydrogen-bond acceptors (Lipinski definition) is 2. The summed E-state index contributed by atoms with van der Waals surface area (Å²) in [7, 11) is 0. The third-order valence-corrected chi connectivity index (χ3v) is 3.78. The molecule has 1 aliphatic rings. The number of rotatable bonds is 2. The van der Waals surface area contributed by atoms with Crippen LogP contribution in [0.3, 0.4) is 0 Å². The van der Waals surface area contributed by atoms with Gasteiger partial charge in [0.05, 0.1) is 18.6 Å². The first-order valence-electron chi connectivity index (χ1n) is 6.16. The average molecular weight is 268 g/mol. The molecule has 18 heavy (non-hydrogen) atoms. The normalized spacial score (nSPS) is 19.9. The number of nitrogens with zero attached hydrogens (tertiary/aromatic N) is 1. The SMILES string of the molecule is Cc1cccc(C(=O)N2CCOC(CCl)C2)c1C. The second-order valence-corrected chi connectivity index (χ2v) is 4.95. The molecule has 1 heterocycles. The van der Waals surface area contributed by atoms with Gasteiger partial charge in [0.25, 0.3) is 5.91 Å². The maximum absolute atomic E-state index is 12.5. The summed E-state index contributed by atoms with van der Waals surface area (Å²) in [5, 5.41) is 0. The highest BCUT2D eigenvalue weighted by Crippen LogP contribution is 2.17. The van der Waals surface area contributed by atoms with E-state index in [1.54, 1.807) is 0 Å². The van der Waals surface area contributed by atoms with Crippen molar-refractivity contribution in [3.63, 3.8) is 0 Å². The molecule has 1 unspecified atom stereocenters. The number of carbonyl (C=O) groups excluding carboxylic acids is 1. The third-order valence-electron chi connectivity index (χ3n) is 3.43. The number of halogens is 1. The molecule has 1 aromatic carbocycles. The van der Waals surface area contributed by atoms with Crippen LogP contribution in [0, 0.1) is 13.8 Å². The van der Waals surface area contributed by atoms with Crippen LogP contribution in [0.4, 0.5) is 0 Å². The van der Waals surface area contributed by atoms with E-state index in [1.807, 2.05) is 36.9 Å². The molecule has 1 fully saturated rings. The fraction of sp³-hybridized carbons (Fsp3) is 0.500. The summed E-state index contributed by atoms with van der Waals surface area (Å²) >= 11 is 5.79. The molecule has 98 valence electrons. The predicted octanol–water partition coefficient (Wildman–Crippen LogP) is 2.38. The summed E-state index contributed by atoms with van der Waals surface area (Å²) < 4.78 is 5.47. The third kappa shape index (κ3) is 2.68. The van der Waals surface area contributed by atoms with Crippen LogP contribution in [0.15, 0.2) is 18.2 Å². The highest BCUT2D eigenvalue weighted by atomic mass is 35.5. The molecule has 1 aromatic rings. The van der Waals surface area contributed by atoms with Crippen molar-refractivity contribution in [2.45, 2.75) is 20.0 Å². The molecule has 0 radical (unpaired) electrons. The van der Waals surface area contributed by atoms with Gasteiger partial charge in [-0.05, 0) is 31.0 Å². The van der Waals surface area contributed by atoms with Gasteiger partial charge in [0, 0.05) is 18.7 Å². The first-order valence-corrected chi connectivity index (χ1v) is 6.70. The molecular formula is C14H18ClNO2. The number of aryl methyl sites for hydroxylation is 1. The minimum atomic E-state index is -0.0468. The van der Waals surface area contributed by atoms with Crippen molar-refractivity contribution >= 4 is 17.5 Å². The molecule has 2 rings (SSSR count). The Morgan fingerprint density at radius 2 is 2.28 bits per heavy atom. The highest BCUT2D eigenvalue weighted by molar-refractivity contribution is 6.18. The lowest BCUT2D eigenvalue weighted by Crippen LogP contribution is -2.46. The Kier molecular flexibility index (Phi) is 4.25. The molecule has 0 saturated carbocycles. The molecule has 0 aliphatic carbocycles. The Bertz CT molecular complexity index is 447. The maximum atomic E-state index is 12.5. The van der Waals surface area contributed by atoms with E-state index < -0.39 is 0 Å². The lowest BCUT2D eigenvalue weighted by molar-refractivity contribution is -0.0108. The van der Waals surface area contributed by atoms with E-state index in [-0.39, 0.29) is 12.0 Å². The van der Waals surface area contributed by atoms with Crippen LogP contribution in [-0.4, -0.2) is 42.5 Å². The molecule has 0 bridgehead atoms. The molecule has 0 aromatic heterocycles. The van der Waals surface area contributed by atoms with Crippen molar-refractivity contribution in [1.29, 1.82) is 0 Å². The van der Waals surface area contributed by atoms with Gasteiger partial charge < -0.3 is 9.64 Å². The summed E-state index contributed by atoms with van der Waals surface area (Å²) in [4.78, 5) is 14.3. The molecule has 1 atom stereocenters. The number of carbonyl (C=O) groups is 1. The van der Waals surface area contributed by atoms with Crippen LogP contribution >= 0.6 is 11.6 Å². The fourth-order valence-electron chi connectivity index (χ4n) is 2.15. The Balaban J connectivity index is 2.18. The highest BCUT2D eigenvalue weighted by Gasteiger charge is 2.25. The largest absolute Gasteiger partial charge is 0.373 e. The van der Waals surface area contributed by atoms with Crippen molar-refractivity contribution in [2.24, 2.45) is 0 Å². The van der Waals surface area contributed by atoms with E-state index in [0.29, 0.717) is 25.6 Å². The standard InChI is InChI=1S/C14H18ClNO2/c1-10-4-3-5-13(11(10)2)14(17)16-6-7-18-12(8-15)9-16/h3-5,12H,6-9H2,1-2H3. The summed E-state index contributed by atoms with van der Waals surface area (Å²) in [5.74, 6) is 0.506. The van der Waals surface area contributed by atoms with Gasteiger partial charge in [-0.3, -0.25) is 4.79 Å². The predicted molar refractivity (Wildman–Crippen MR) is 72.3 cm³/mol. The summed E-state index contributed by atoms with van der Waals surface area (Å²) in [6, 6.07) is 5.83. The number of morpholine rings is 1. The van der Waals surface area contributed by atoms with Gasteiger partial charge in [-0.1, -0.05) is 12.1 Å². The quantitative estimate of drug-likeness (QED) is 0.770. The van der Waals surface area contributed by atoms with Gasteiger partial charge in [-0.15, -0.1) is 11.6 Å². The topological polar surface area (TPSA) is 29.5 Å². The monoisotopic (exact) mass is 267 g/mol. The zero-order chi connectivity index (χ0) is 13.1. The fourth-order valence-corrected chi connectivity index (χ4v) is 2.34. The van der Waals surface area contributed by atoms with Crippen molar-refractivity contribution in [3.8, 4) is 0 Å². The molecule has 0 spiro atoms. The van der Waals surface area contributed by atoms with E-state index in [4.69, 9.17) is 16.3 Å². The maximum Gasteiger partial charge on any atom is 0.254 e. The summed E-state index contributed by atoms with van der Waals surface area (Å²) in [5.41, 5.74) is 2.98. The van der Waals surface area contributed by atoms with Gasteiger partial charge >= 0.3 is 0 Å². The van der Waals surface area contributed by atoms with Gasteiger partial charge in [0.15, 0.2) is 0 Å². The van der Waals surface area contributed by atoms with E-state index in [1.165, 1.54) is 0 Å². The van der Waals surface area contributed by atoms with Crippen molar-refractivity contribution in [1.82, 2.24) is 4.90 Å². The molecule has 0 N–H and O–H groups in total. The number of amides is 1. The molecule has 4 heteroatoms. The van der Waals surface area contributed by atoms with E-state index in [9.17, 15) is 4.79 Å².